The summed E-state index contributed by atoms with van der Waals surface area (Å²) in [6.07, 6.45) is -2.48. The zero-order chi connectivity index (χ0) is 19.3. The molecule has 1 aromatic rings. The molecule has 0 aromatic heterocycles. The summed E-state index contributed by atoms with van der Waals surface area (Å²) in [4.78, 5) is 21.4. The van der Waals surface area contributed by atoms with Crippen LogP contribution >= 0.6 is 0 Å². The Labute approximate surface area is 142 Å². The van der Waals surface area contributed by atoms with Crippen molar-refractivity contribution < 1.29 is 27.6 Å². The number of hydrogen-bond acceptors (Lipinski definition) is 4. The van der Waals surface area contributed by atoms with Crippen LogP contribution in [-0.4, -0.2) is 23.2 Å². The molecule has 1 aromatic carbocycles. The molecular formula is C16H19F3N2O4. The number of alkyl halides is 3. The van der Waals surface area contributed by atoms with Crippen molar-refractivity contribution in [3.05, 3.63) is 45.5 Å². The fourth-order valence-electron chi connectivity index (χ4n) is 1.84. The van der Waals surface area contributed by atoms with Gasteiger partial charge in [0.15, 0.2) is 0 Å². The first kappa shape index (κ1) is 20.5. The second-order valence-electron chi connectivity index (χ2n) is 6.15. The number of benzene rings is 1. The van der Waals surface area contributed by atoms with Crippen molar-refractivity contribution in [2.75, 3.05) is 6.54 Å². The van der Waals surface area contributed by atoms with Crippen LogP contribution in [0.5, 0.6) is 0 Å². The van der Waals surface area contributed by atoms with E-state index in [0.29, 0.717) is 6.07 Å². The first-order chi connectivity index (χ1) is 11.4. The predicted octanol–water partition coefficient (Wildman–Crippen LogP) is 4.54. The third kappa shape index (κ3) is 7.23. The van der Waals surface area contributed by atoms with Gasteiger partial charge < -0.3 is 10.1 Å². The molecular weight excluding hydrogens is 341 g/mol. The summed E-state index contributed by atoms with van der Waals surface area (Å²) in [6, 6.07) is 2.35. The maximum absolute atomic E-state index is 12.9. The van der Waals surface area contributed by atoms with Crippen LogP contribution in [0.4, 0.5) is 23.7 Å². The number of nitrogens with zero attached hydrogens (tertiary/aromatic N) is 1. The minimum atomic E-state index is -4.62. The van der Waals surface area contributed by atoms with Crippen molar-refractivity contribution in [3.63, 3.8) is 0 Å². The molecule has 0 atom stereocenters. The third-order valence-corrected chi connectivity index (χ3v) is 2.83. The first-order valence-corrected chi connectivity index (χ1v) is 7.39. The Bertz CT molecular complexity index is 664. The van der Waals surface area contributed by atoms with Gasteiger partial charge in [-0.25, -0.2) is 4.79 Å². The highest BCUT2D eigenvalue weighted by Crippen LogP contribution is 2.34. The van der Waals surface area contributed by atoms with Crippen molar-refractivity contribution >= 4 is 17.9 Å². The maximum atomic E-state index is 12.9. The fraction of sp³-hybridized carbons (Fsp3) is 0.438. The van der Waals surface area contributed by atoms with Crippen LogP contribution in [0.2, 0.25) is 0 Å². The van der Waals surface area contributed by atoms with Gasteiger partial charge in [0, 0.05) is 18.7 Å². The van der Waals surface area contributed by atoms with Crippen molar-refractivity contribution in [3.8, 4) is 0 Å². The lowest BCUT2D eigenvalue weighted by atomic mass is 10.1. The molecule has 0 aliphatic carbocycles. The fourth-order valence-corrected chi connectivity index (χ4v) is 1.84. The van der Waals surface area contributed by atoms with E-state index in [2.05, 4.69) is 5.32 Å². The number of ether oxygens (including phenoxy) is 1. The average molecular weight is 360 g/mol. The van der Waals surface area contributed by atoms with Gasteiger partial charge in [0.05, 0.1) is 10.5 Å². The highest BCUT2D eigenvalue weighted by molar-refractivity contribution is 5.67. The molecule has 0 fully saturated rings. The van der Waals surface area contributed by atoms with E-state index in [1.807, 2.05) is 0 Å². The minimum Gasteiger partial charge on any atom is -0.444 e. The van der Waals surface area contributed by atoms with Gasteiger partial charge in [0.2, 0.25) is 0 Å². The summed E-state index contributed by atoms with van der Waals surface area (Å²) in [5.41, 5.74) is -2.35. The number of hydrogen-bond donors (Lipinski definition) is 1. The lowest BCUT2D eigenvalue weighted by Gasteiger charge is -2.19. The molecule has 0 aliphatic heterocycles. The topological polar surface area (TPSA) is 81.5 Å². The van der Waals surface area contributed by atoms with Gasteiger partial charge in [-0.05, 0) is 38.8 Å². The van der Waals surface area contributed by atoms with Crippen LogP contribution in [0.15, 0.2) is 24.3 Å². The number of nitro benzene ring substituents is 1. The second-order valence-corrected chi connectivity index (χ2v) is 6.15. The normalized spacial score (nSPS) is 12.2. The van der Waals surface area contributed by atoms with Crippen molar-refractivity contribution in [2.24, 2.45) is 0 Å². The molecule has 1 N–H and O–H groups in total. The Morgan fingerprint density at radius 1 is 1.32 bits per heavy atom. The number of rotatable bonds is 5. The Morgan fingerprint density at radius 3 is 2.48 bits per heavy atom. The van der Waals surface area contributed by atoms with Crippen LogP contribution in [-0.2, 0) is 10.9 Å². The number of alkyl carbamates (subject to hydrolysis) is 1. The van der Waals surface area contributed by atoms with Gasteiger partial charge in [0.25, 0.3) is 5.69 Å². The number of carbonyl (C=O) groups is 1. The SMILES string of the molecule is CC(C)(C)OC(=O)NCCC=Cc1cc([N+](=O)[O-])ccc1C(F)(F)F. The number of non-ortho nitro benzene ring substituents is 1. The molecule has 0 saturated carbocycles. The Balaban J connectivity index is 2.74. The van der Waals surface area contributed by atoms with Crippen molar-refractivity contribution in [1.29, 1.82) is 0 Å². The van der Waals surface area contributed by atoms with Gasteiger partial charge in [-0.1, -0.05) is 12.2 Å². The van der Waals surface area contributed by atoms with Crippen LogP contribution in [0.1, 0.15) is 38.3 Å². The molecule has 0 bridgehead atoms. The van der Waals surface area contributed by atoms with E-state index < -0.39 is 34.0 Å². The van der Waals surface area contributed by atoms with E-state index in [-0.39, 0.29) is 18.5 Å². The minimum absolute atomic E-state index is 0.154. The van der Waals surface area contributed by atoms with E-state index in [4.69, 9.17) is 4.74 Å². The molecule has 9 heteroatoms. The number of amides is 1. The summed E-state index contributed by atoms with van der Waals surface area (Å²) in [5, 5.41) is 13.2. The smallest absolute Gasteiger partial charge is 0.416 e. The number of carbonyl (C=O) groups excluding carboxylic acids is 1. The summed E-state index contributed by atoms with van der Waals surface area (Å²) in [6.45, 7) is 5.26. The van der Waals surface area contributed by atoms with Gasteiger partial charge in [-0.15, -0.1) is 0 Å². The molecule has 0 unspecified atom stereocenters. The van der Waals surface area contributed by atoms with Gasteiger partial charge in [0.1, 0.15) is 5.60 Å². The summed E-state index contributed by atoms with van der Waals surface area (Å²) >= 11 is 0. The van der Waals surface area contributed by atoms with Gasteiger partial charge in [-0.2, -0.15) is 13.2 Å². The van der Waals surface area contributed by atoms with Crippen LogP contribution in [0, 0.1) is 10.1 Å². The molecule has 138 valence electrons. The predicted molar refractivity (Wildman–Crippen MR) is 86.0 cm³/mol. The lowest BCUT2D eigenvalue weighted by Crippen LogP contribution is -2.32. The molecule has 6 nitrogen and oxygen atoms in total. The molecule has 0 spiro atoms. The monoisotopic (exact) mass is 360 g/mol. The summed E-state index contributed by atoms with van der Waals surface area (Å²) < 4.78 is 43.8. The Hall–Kier alpha value is -2.58. The number of nitro groups is 1. The molecule has 0 aliphatic rings. The zero-order valence-electron chi connectivity index (χ0n) is 14.0. The molecule has 1 rings (SSSR count). The van der Waals surface area contributed by atoms with E-state index in [1.165, 1.54) is 6.08 Å². The zero-order valence-corrected chi connectivity index (χ0v) is 14.0. The van der Waals surface area contributed by atoms with Gasteiger partial charge in [-0.3, -0.25) is 10.1 Å². The first-order valence-electron chi connectivity index (χ1n) is 7.39. The quantitative estimate of drug-likeness (QED) is 0.475. The Morgan fingerprint density at radius 2 is 1.96 bits per heavy atom. The molecule has 0 saturated heterocycles. The molecule has 0 heterocycles. The Kier molecular flexibility index (Phi) is 6.55. The average Bonchev–Trinajstić information content (AvgIpc) is 2.43. The lowest BCUT2D eigenvalue weighted by molar-refractivity contribution is -0.384. The molecule has 25 heavy (non-hydrogen) atoms. The van der Waals surface area contributed by atoms with Crippen LogP contribution < -0.4 is 5.32 Å². The summed E-state index contributed by atoms with van der Waals surface area (Å²) in [7, 11) is 0. The standard InChI is InChI=1S/C16H19F3N2O4/c1-15(2,3)25-14(22)20-9-5-4-6-11-10-12(21(23)24)7-8-13(11)16(17,18)19/h4,6-8,10H,5,9H2,1-3H3,(H,20,22). The van der Waals surface area contributed by atoms with Crippen LogP contribution in [0.3, 0.4) is 0 Å². The van der Waals surface area contributed by atoms with Crippen molar-refractivity contribution in [1.82, 2.24) is 5.32 Å². The largest absolute Gasteiger partial charge is 0.444 e. The molecule has 1 amide bonds. The van der Waals surface area contributed by atoms with E-state index in [1.54, 1.807) is 20.8 Å². The third-order valence-electron chi connectivity index (χ3n) is 2.83. The van der Waals surface area contributed by atoms with Gasteiger partial charge >= 0.3 is 12.3 Å². The maximum Gasteiger partial charge on any atom is 0.416 e. The molecule has 0 radical (unpaired) electrons. The van der Waals surface area contributed by atoms with Crippen molar-refractivity contribution in [2.45, 2.75) is 39.0 Å². The van der Waals surface area contributed by atoms with E-state index in [0.717, 1.165) is 18.2 Å². The van der Waals surface area contributed by atoms with Crippen LogP contribution in [0.25, 0.3) is 6.08 Å². The van der Waals surface area contributed by atoms with E-state index >= 15 is 0 Å². The highest BCUT2D eigenvalue weighted by Gasteiger charge is 2.33. The number of halogens is 3. The highest BCUT2D eigenvalue weighted by atomic mass is 19.4. The van der Waals surface area contributed by atoms with E-state index in [9.17, 15) is 28.1 Å². The second kappa shape index (κ2) is 8.00. The number of nitrogens with one attached hydrogen (secondary N) is 1. The summed E-state index contributed by atoms with van der Waals surface area (Å²) in [5.74, 6) is 0.